The van der Waals surface area contributed by atoms with Gasteiger partial charge in [-0.15, -0.1) is 0 Å². The van der Waals surface area contributed by atoms with Crippen LogP contribution in [0.3, 0.4) is 0 Å². The van der Waals surface area contributed by atoms with Crippen molar-refractivity contribution in [2.24, 2.45) is 0 Å². The molecule has 150 valence electrons. The molecule has 2 aliphatic carbocycles. The average Bonchev–Trinajstić information content (AvgIpc) is 3.38. The van der Waals surface area contributed by atoms with Gasteiger partial charge in [-0.1, -0.05) is 44.9 Å². The molecule has 28 heavy (non-hydrogen) atoms. The van der Waals surface area contributed by atoms with E-state index in [0.29, 0.717) is 11.6 Å². The zero-order valence-corrected chi connectivity index (χ0v) is 17.2. The van der Waals surface area contributed by atoms with Gasteiger partial charge in [0.25, 0.3) is 5.91 Å². The van der Waals surface area contributed by atoms with Gasteiger partial charge in [0.15, 0.2) is 0 Å². The van der Waals surface area contributed by atoms with Crippen LogP contribution in [0, 0.1) is 0 Å². The van der Waals surface area contributed by atoms with Crippen LogP contribution in [0.25, 0.3) is 0 Å². The second-order valence-corrected chi connectivity index (χ2v) is 9.19. The molecule has 0 unspecified atom stereocenters. The Morgan fingerprint density at radius 1 is 0.964 bits per heavy atom. The SMILES string of the molecule is [B]C1(NC(=O)c2cc(N3CCCC3)cc(C3CCCC3)n2)CCCCCCC1. The Kier molecular flexibility index (Phi) is 6.27. The molecule has 2 saturated carbocycles. The maximum absolute atomic E-state index is 13.2. The van der Waals surface area contributed by atoms with Gasteiger partial charge in [-0.3, -0.25) is 4.79 Å². The molecule has 0 atom stereocenters. The van der Waals surface area contributed by atoms with Crippen LogP contribution in [0.5, 0.6) is 0 Å². The molecule has 1 aliphatic heterocycles. The van der Waals surface area contributed by atoms with Crippen molar-refractivity contribution < 1.29 is 4.79 Å². The molecule has 2 heterocycles. The number of pyridine rings is 1. The van der Waals surface area contributed by atoms with E-state index in [0.717, 1.165) is 44.5 Å². The van der Waals surface area contributed by atoms with Gasteiger partial charge in [0.1, 0.15) is 13.5 Å². The largest absolute Gasteiger partial charge is 0.371 e. The van der Waals surface area contributed by atoms with E-state index in [-0.39, 0.29) is 5.91 Å². The number of carbonyl (C=O) groups excluding carboxylic acids is 1. The quantitative estimate of drug-likeness (QED) is 0.773. The van der Waals surface area contributed by atoms with Gasteiger partial charge in [-0.25, -0.2) is 4.98 Å². The molecule has 1 N–H and O–H groups in total. The van der Waals surface area contributed by atoms with Crippen molar-refractivity contribution in [2.75, 3.05) is 18.0 Å². The van der Waals surface area contributed by atoms with Crippen LogP contribution in [0.2, 0.25) is 0 Å². The van der Waals surface area contributed by atoms with Crippen molar-refractivity contribution in [1.82, 2.24) is 10.3 Å². The number of anilines is 1. The molecule has 1 aromatic rings. The van der Waals surface area contributed by atoms with E-state index >= 15 is 0 Å². The fourth-order valence-corrected chi connectivity index (χ4v) is 5.19. The highest BCUT2D eigenvalue weighted by Crippen LogP contribution is 2.35. The van der Waals surface area contributed by atoms with Gasteiger partial charge in [0.05, 0.1) is 0 Å². The van der Waals surface area contributed by atoms with Crippen molar-refractivity contribution in [3.63, 3.8) is 0 Å². The van der Waals surface area contributed by atoms with Crippen LogP contribution in [0.15, 0.2) is 12.1 Å². The molecule has 3 aliphatic rings. The van der Waals surface area contributed by atoms with Crippen molar-refractivity contribution in [1.29, 1.82) is 0 Å². The van der Waals surface area contributed by atoms with Crippen LogP contribution in [0.4, 0.5) is 5.69 Å². The average molecular weight is 379 g/mol. The van der Waals surface area contributed by atoms with Crippen LogP contribution in [-0.2, 0) is 0 Å². The van der Waals surface area contributed by atoms with E-state index in [1.165, 1.54) is 63.5 Å². The molecule has 1 aromatic heterocycles. The lowest BCUT2D eigenvalue weighted by molar-refractivity contribution is 0.0912. The van der Waals surface area contributed by atoms with E-state index in [4.69, 9.17) is 12.8 Å². The van der Waals surface area contributed by atoms with E-state index < -0.39 is 5.44 Å². The summed E-state index contributed by atoms with van der Waals surface area (Å²) in [7, 11) is 6.62. The fourth-order valence-electron chi connectivity index (χ4n) is 5.19. The molecule has 5 heteroatoms. The summed E-state index contributed by atoms with van der Waals surface area (Å²) in [5.41, 5.74) is 2.24. The molecular formula is C23H34BN3O. The molecule has 0 bridgehead atoms. The maximum Gasteiger partial charge on any atom is 0.269 e. The second kappa shape index (κ2) is 8.88. The summed E-state index contributed by atoms with van der Waals surface area (Å²) < 4.78 is 0. The van der Waals surface area contributed by atoms with E-state index in [1.54, 1.807) is 0 Å². The molecule has 2 radical (unpaired) electrons. The molecule has 0 aromatic carbocycles. The first kappa shape index (κ1) is 19.8. The van der Waals surface area contributed by atoms with Gasteiger partial charge < -0.3 is 10.2 Å². The second-order valence-electron chi connectivity index (χ2n) is 9.19. The Morgan fingerprint density at radius 3 is 2.29 bits per heavy atom. The topological polar surface area (TPSA) is 45.2 Å². The predicted octanol–water partition coefficient (Wildman–Crippen LogP) is 4.68. The number of aromatic nitrogens is 1. The predicted molar refractivity (Wildman–Crippen MR) is 115 cm³/mol. The minimum absolute atomic E-state index is 0.0941. The van der Waals surface area contributed by atoms with Crippen molar-refractivity contribution >= 4 is 19.4 Å². The van der Waals surface area contributed by atoms with Crippen LogP contribution in [-0.4, -0.2) is 37.3 Å². The standard InChI is InChI=1S/C23H34BN3O/c24-23(12-6-2-1-3-7-13-23)26-22(28)21-17-19(27-14-8-9-15-27)16-20(25-21)18-10-4-5-11-18/h16-18H,1-15H2,(H,26,28). The molecule has 1 amide bonds. The lowest BCUT2D eigenvalue weighted by Crippen LogP contribution is -2.49. The van der Waals surface area contributed by atoms with Crippen molar-refractivity contribution in [3.05, 3.63) is 23.5 Å². The summed E-state index contributed by atoms with van der Waals surface area (Å²) in [4.78, 5) is 20.4. The van der Waals surface area contributed by atoms with Crippen LogP contribution in [0.1, 0.15) is 106 Å². The van der Waals surface area contributed by atoms with Crippen molar-refractivity contribution in [2.45, 2.75) is 94.8 Å². The lowest BCUT2D eigenvalue weighted by Gasteiger charge is -2.33. The number of hydrogen-bond acceptors (Lipinski definition) is 3. The monoisotopic (exact) mass is 379 g/mol. The number of rotatable bonds is 4. The van der Waals surface area contributed by atoms with E-state index in [1.807, 2.05) is 6.07 Å². The fraction of sp³-hybridized carbons (Fsp3) is 0.739. The third-order valence-corrected chi connectivity index (χ3v) is 6.92. The molecule has 4 nitrogen and oxygen atoms in total. The van der Waals surface area contributed by atoms with Crippen LogP contribution >= 0.6 is 0 Å². The minimum Gasteiger partial charge on any atom is -0.371 e. The number of nitrogens with zero attached hydrogens (tertiary/aromatic N) is 2. The first-order valence-electron chi connectivity index (χ1n) is 11.5. The highest BCUT2D eigenvalue weighted by Gasteiger charge is 2.28. The van der Waals surface area contributed by atoms with E-state index in [2.05, 4.69) is 16.3 Å². The molecule has 3 fully saturated rings. The van der Waals surface area contributed by atoms with Gasteiger partial charge >= 0.3 is 0 Å². The van der Waals surface area contributed by atoms with Gasteiger partial charge in [-0.2, -0.15) is 0 Å². The van der Waals surface area contributed by atoms with Gasteiger partial charge in [-0.05, 0) is 50.7 Å². The van der Waals surface area contributed by atoms with E-state index in [9.17, 15) is 4.79 Å². The molecule has 1 saturated heterocycles. The number of nitrogens with one attached hydrogen (secondary N) is 1. The Balaban J connectivity index is 1.56. The third-order valence-electron chi connectivity index (χ3n) is 6.92. The summed E-state index contributed by atoms with van der Waals surface area (Å²) in [6.07, 6.45) is 15.0. The summed E-state index contributed by atoms with van der Waals surface area (Å²) in [5.74, 6) is 0.408. The highest BCUT2D eigenvalue weighted by atomic mass is 16.2. The first-order valence-corrected chi connectivity index (χ1v) is 11.5. The van der Waals surface area contributed by atoms with Gasteiger partial charge in [0.2, 0.25) is 0 Å². The Labute approximate surface area is 171 Å². The van der Waals surface area contributed by atoms with Crippen LogP contribution < -0.4 is 10.2 Å². The third kappa shape index (κ3) is 4.72. The highest BCUT2D eigenvalue weighted by molar-refractivity contribution is 6.17. The summed E-state index contributed by atoms with van der Waals surface area (Å²) in [6.45, 7) is 2.16. The molecular weight excluding hydrogens is 345 g/mol. The molecule has 4 rings (SSSR count). The smallest absolute Gasteiger partial charge is 0.269 e. The summed E-state index contributed by atoms with van der Waals surface area (Å²) in [5, 5.41) is 3.17. The maximum atomic E-state index is 13.2. The zero-order valence-electron chi connectivity index (χ0n) is 17.2. The van der Waals surface area contributed by atoms with Gasteiger partial charge in [0, 0.05) is 35.8 Å². The van der Waals surface area contributed by atoms with Crippen molar-refractivity contribution in [3.8, 4) is 0 Å². The summed E-state index contributed by atoms with van der Waals surface area (Å²) in [6, 6.07) is 4.23. The number of hydrogen-bond donors (Lipinski definition) is 1. The first-order chi connectivity index (χ1) is 13.6. The minimum atomic E-state index is -0.587. The molecule has 0 spiro atoms. The number of amides is 1. The Bertz CT molecular complexity index is 638. The Morgan fingerprint density at radius 2 is 1.61 bits per heavy atom. The lowest BCUT2D eigenvalue weighted by atomic mass is 9.69. The zero-order chi connectivity index (χ0) is 19.4. The Hall–Kier alpha value is -1.52. The normalized spacial score (nSPS) is 23.4. The number of carbonyl (C=O) groups is 1. The summed E-state index contributed by atoms with van der Waals surface area (Å²) >= 11 is 0.